The molecule has 0 aromatic carbocycles. The van der Waals surface area contributed by atoms with Gasteiger partial charge in [-0.2, -0.15) is 0 Å². The third kappa shape index (κ3) is 37.7. The molecule has 47 heavy (non-hydrogen) atoms. The first-order chi connectivity index (χ1) is 23.1. The predicted octanol–water partition coefficient (Wildman–Crippen LogP) is 13.5. The lowest BCUT2D eigenvalue weighted by molar-refractivity contribution is -0.147. The van der Waals surface area contributed by atoms with Crippen LogP contribution in [0.2, 0.25) is 0 Å². The van der Waals surface area contributed by atoms with Gasteiger partial charge >= 0.3 is 11.9 Å². The third-order valence-corrected chi connectivity index (χ3v) is 8.15. The zero-order valence-corrected chi connectivity index (χ0v) is 30.6. The first kappa shape index (κ1) is 44.4. The Morgan fingerprint density at radius 2 is 0.957 bits per heavy atom. The molecule has 0 aliphatic rings. The number of unbranched alkanes of at least 4 members (excludes halogenated alkanes) is 15. The van der Waals surface area contributed by atoms with Crippen molar-refractivity contribution in [3.05, 3.63) is 72.9 Å². The molecule has 0 aliphatic heterocycles. The molecule has 1 N–H and O–H groups in total. The molecule has 0 heterocycles. The minimum Gasteiger partial charge on any atom is -0.481 e. The van der Waals surface area contributed by atoms with E-state index < -0.39 is 5.97 Å². The third-order valence-electron chi connectivity index (χ3n) is 8.15. The van der Waals surface area contributed by atoms with E-state index in [1.165, 1.54) is 44.9 Å². The van der Waals surface area contributed by atoms with Gasteiger partial charge in [-0.15, -0.1) is 0 Å². The molecule has 0 amide bonds. The Labute approximate surface area is 290 Å². The Balaban J connectivity index is 4.16. The van der Waals surface area contributed by atoms with E-state index in [9.17, 15) is 9.59 Å². The maximum absolute atomic E-state index is 12.6. The summed E-state index contributed by atoms with van der Waals surface area (Å²) < 4.78 is 5.91. The number of carboxylic acids is 1. The molecule has 1 unspecified atom stereocenters. The highest BCUT2D eigenvalue weighted by Crippen LogP contribution is 2.15. The summed E-state index contributed by atoms with van der Waals surface area (Å²) >= 11 is 0. The van der Waals surface area contributed by atoms with E-state index in [1.54, 1.807) is 0 Å². The molecule has 4 heteroatoms. The highest BCUT2D eigenvalue weighted by molar-refractivity contribution is 5.69. The van der Waals surface area contributed by atoms with Crippen molar-refractivity contribution in [1.82, 2.24) is 0 Å². The Morgan fingerprint density at radius 1 is 0.511 bits per heavy atom. The molecule has 0 fully saturated rings. The molecule has 268 valence electrons. The summed E-state index contributed by atoms with van der Waals surface area (Å²) in [6, 6.07) is 0. The van der Waals surface area contributed by atoms with Gasteiger partial charge in [0.05, 0.1) is 0 Å². The number of allylic oxidation sites excluding steroid dienone is 11. The Bertz CT molecular complexity index is 876. The average Bonchev–Trinajstić information content (AvgIpc) is 3.05. The SMILES string of the molecule is CC/C=C\C/C=C\C/C=C\C/C=C\C/C=C\CCCCCC(=O)OC(/C=C\CCCCCCCCC)CCCCCCCCC(=O)O. The van der Waals surface area contributed by atoms with Gasteiger partial charge in [-0.3, -0.25) is 9.59 Å². The number of esters is 1. The number of hydrogen-bond acceptors (Lipinski definition) is 3. The quantitative estimate of drug-likeness (QED) is 0.0427. The van der Waals surface area contributed by atoms with Crippen molar-refractivity contribution >= 4 is 11.9 Å². The van der Waals surface area contributed by atoms with Crippen LogP contribution in [0.25, 0.3) is 0 Å². The van der Waals surface area contributed by atoms with Gasteiger partial charge in [0, 0.05) is 12.8 Å². The Morgan fingerprint density at radius 3 is 1.53 bits per heavy atom. The lowest BCUT2D eigenvalue weighted by Crippen LogP contribution is -2.16. The van der Waals surface area contributed by atoms with Gasteiger partial charge in [-0.25, -0.2) is 0 Å². The first-order valence-corrected chi connectivity index (χ1v) is 19.4. The van der Waals surface area contributed by atoms with Gasteiger partial charge in [0.25, 0.3) is 0 Å². The van der Waals surface area contributed by atoms with Crippen LogP contribution in [0.4, 0.5) is 0 Å². The van der Waals surface area contributed by atoms with Crippen LogP contribution in [-0.2, 0) is 14.3 Å². The number of ether oxygens (including phenoxy) is 1. The highest BCUT2D eigenvalue weighted by Gasteiger charge is 2.11. The summed E-state index contributed by atoms with van der Waals surface area (Å²) in [4.78, 5) is 23.3. The van der Waals surface area contributed by atoms with Gasteiger partial charge in [-0.1, -0.05) is 151 Å². The molecular weight excluding hydrogens is 580 g/mol. The number of carbonyl (C=O) groups excluding carboxylic acids is 1. The molecule has 0 aromatic rings. The molecule has 0 rings (SSSR count). The van der Waals surface area contributed by atoms with Crippen LogP contribution in [0.15, 0.2) is 72.9 Å². The summed E-state index contributed by atoms with van der Waals surface area (Å²) in [5.74, 6) is -0.776. The van der Waals surface area contributed by atoms with Crippen LogP contribution in [0.5, 0.6) is 0 Å². The van der Waals surface area contributed by atoms with Crippen molar-refractivity contribution in [3.8, 4) is 0 Å². The molecule has 0 bridgehead atoms. The second kappa shape index (κ2) is 37.8. The fourth-order valence-corrected chi connectivity index (χ4v) is 5.30. The minimum atomic E-state index is -0.705. The Hall–Kier alpha value is -2.62. The van der Waals surface area contributed by atoms with E-state index >= 15 is 0 Å². The van der Waals surface area contributed by atoms with Gasteiger partial charge in [0.15, 0.2) is 0 Å². The highest BCUT2D eigenvalue weighted by atomic mass is 16.5. The van der Waals surface area contributed by atoms with Crippen molar-refractivity contribution in [2.24, 2.45) is 0 Å². The molecule has 0 aromatic heterocycles. The van der Waals surface area contributed by atoms with Gasteiger partial charge in [0.1, 0.15) is 6.10 Å². The monoisotopic (exact) mass is 653 g/mol. The van der Waals surface area contributed by atoms with Crippen molar-refractivity contribution in [2.45, 2.75) is 187 Å². The fourth-order valence-electron chi connectivity index (χ4n) is 5.30. The number of rotatable bonds is 34. The number of carboxylic acid groups (broad SMARTS) is 1. The van der Waals surface area contributed by atoms with E-state index in [0.29, 0.717) is 6.42 Å². The fraction of sp³-hybridized carbons (Fsp3) is 0.674. The van der Waals surface area contributed by atoms with Crippen LogP contribution in [0, 0.1) is 0 Å². The maximum atomic E-state index is 12.6. The molecule has 1 atom stereocenters. The standard InChI is InChI=1S/C43H72O4/c1-3-5-7-9-11-13-14-15-16-17-18-19-20-21-22-24-26-32-36-40-43(46)47-41(37-33-29-25-23-12-10-8-6-4-2)38-34-30-27-28-31-35-39-42(44)45/h5,7,11,13,15-16,18-19,21-22,33,37,41H,3-4,6,8-10,12,14,17,20,23-32,34-36,38-40H2,1-2H3,(H,44,45)/b7-5-,13-11-,16-15-,19-18-,22-21-,37-33-. The molecule has 0 aliphatic carbocycles. The lowest BCUT2D eigenvalue weighted by atomic mass is 10.0. The summed E-state index contributed by atoms with van der Waals surface area (Å²) in [6.07, 6.45) is 53.6. The van der Waals surface area contributed by atoms with E-state index in [0.717, 1.165) is 109 Å². The van der Waals surface area contributed by atoms with E-state index in [-0.39, 0.29) is 18.5 Å². The van der Waals surface area contributed by atoms with E-state index in [2.05, 4.69) is 86.8 Å². The van der Waals surface area contributed by atoms with Crippen LogP contribution >= 0.6 is 0 Å². The predicted molar refractivity (Wildman–Crippen MR) is 204 cm³/mol. The van der Waals surface area contributed by atoms with Crippen LogP contribution in [0.3, 0.4) is 0 Å². The lowest BCUT2D eigenvalue weighted by Gasteiger charge is -2.15. The van der Waals surface area contributed by atoms with Gasteiger partial charge < -0.3 is 9.84 Å². The van der Waals surface area contributed by atoms with E-state index in [4.69, 9.17) is 9.84 Å². The average molecular weight is 653 g/mol. The number of hydrogen-bond donors (Lipinski definition) is 1. The Kier molecular flexibility index (Phi) is 35.7. The second-order valence-corrected chi connectivity index (χ2v) is 12.7. The summed E-state index contributed by atoms with van der Waals surface area (Å²) in [5, 5.41) is 8.78. The smallest absolute Gasteiger partial charge is 0.306 e. The molecule has 0 radical (unpaired) electrons. The summed E-state index contributed by atoms with van der Waals surface area (Å²) in [5.41, 5.74) is 0. The molecule has 0 spiro atoms. The largest absolute Gasteiger partial charge is 0.481 e. The van der Waals surface area contributed by atoms with Crippen molar-refractivity contribution in [3.63, 3.8) is 0 Å². The number of carbonyl (C=O) groups is 2. The van der Waals surface area contributed by atoms with Crippen LogP contribution in [0.1, 0.15) is 181 Å². The first-order valence-electron chi connectivity index (χ1n) is 19.4. The van der Waals surface area contributed by atoms with Crippen molar-refractivity contribution < 1.29 is 19.4 Å². The maximum Gasteiger partial charge on any atom is 0.306 e. The molecule has 0 saturated carbocycles. The zero-order valence-electron chi connectivity index (χ0n) is 30.6. The molecule has 4 nitrogen and oxygen atoms in total. The minimum absolute atomic E-state index is 0.0703. The van der Waals surface area contributed by atoms with E-state index in [1.807, 2.05) is 0 Å². The van der Waals surface area contributed by atoms with Crippen LogP contribution in [-0.4, -0.2) is 23.1 Å². The van der Waals surface area contributed by atoms with Gasteiger partial charge in [-0.05, 0) is 89.5 Å². The van der Waals surface area contributed by atoms with Crippen molar-refractivity contribution in [1.29, 1.82) is 0 Å². The summed E-state index contributed by atoms with van der Waals surface area (Å²) in [6.45, 7) is 4.41. The molecule has 0 saturated heterocycles. The van der Waals surface area contributed by atoms with Crippen molar-refractivity contribution in [2.75, 3.05) is 0 Å². The summed E-state index contributed by atoms with van der Waals surface area (Å²) in [7, 11) is 0. The second-order valence-electron chi connectivity index (χ2n) is 12.7. The topological polar surface area (TPSA) is 63.6 Å². The van der Waals surface area contributed by atoms with Crippen LogP contribution < -0.4 is 0 Å². The van der Waals surface area contributed by atoms with Gasteiger partial charge in [0.2, 0.25) is 0 Å². The normalized spacial score (nSPS) is 13.1. The zero-order chi connectivity index (χ0) is 34.3. The molecular formula is C43H72O4. The number of aliphatic carboxylic acids is 1.